The number of aromatic nitrogens is 1. The molecule has 3 nitrogen and oxygen atoms in total. The molecular formula is C13H18N2OS. The second-order valence-corrected chi connectivity index (χ2v) is 5.19. The van der Waals surface area contributed by atoms with Crippen LogP contribution in [0.1, 0.15) is 24.1 Å². The lowest BCUT2D eigenvalue weighted by Gasteiger charge is -2.08. The normalized spacial score (nSPS) is 12.9. The Hall–Kier alpha value is -1.13. The lowest BCUT2D eigenvalue weighted by atomic mass is 10.0. The summed E-state index contributed by atoms with van der Waals surface area (Å²) in [5.74, 6) is 2.31. The van der Waals surface area contributed by atoms with Gasteiger partial charge in [0.05, 0.1) is 5.01 Å². The van der Waals surface area contributed by atoms with Gasteiger partial charge < -0.3 is 10.2 Å². The lowest BCUT2D eigenvalue weighted by molar-refractivity contribution is 0.517. The quantitative estimate of drug-likeness (QED) is 0.886. The predicted octanol–water partition coefficient (Wildman–Crippen LogP) is 3.24. The molecule has 1 atom stereocenters. The molecule has 0 radical (unpaired) electrons. The number of thiazole rings is 1. The van der Waals surface area contributed by atoms with E-state index in [1.54, 1.807) is 11.3 Å². The van der Waals surface area contributed by atoms with E-state index in [4.69, 9.17) is 10.2 Å². The van der Waals surface area contributed by atoms with Crippen molar-refractivity contribution in [1.29, 1.82) is 0 Å². The zero-order valence-corrected chi connectivity index (χ0v) is 11.1. The monoisotopic (exact) mass is 250 g/mol. The molecular weight excluding hydrogens is 232 g/mol. The molecule has 0 aliphatic heterocycles. The van der Waals surface area contributed by atoms with Crippen molar-refractivity contribution in [3.05, 3.63) is 28.3 Å². The van der Waals surface area contributed by atoms with Gasteiger partial charge in [0.15, 0.2) is 5.76 Å². The van der Waals surface area contributed by atoms with E-state index in [0.717, 1.165) is 41.6 Å². The van der Waals surface area contributed by atoms with Crippen molar-refractivity contribution in [1.82, 2.24) is 4.98 Å². The molecule has 1 unspecified atom stereocenters. The third-order valence-electron chi connectivity index (χ3n) is 2.92. The van der Waals surface area contributed by atoms with E-state index in [9.17, 15) is 0 Å². The van der Waals surface area contributed by atoms with Crippen LogP contribution < -0.4 is 5.73 Å². The van der Waals surface area contributed by atoms with Gasteiger partial charge >= 0.3 is 0 Å². The van der Waals surface area contributed by atoms with Gasteiger partial charge in [-0.05, 0) is 31.5 Å². The summed E-state index contributed by atoms with van der Waals surface area (Å²) in [5, 5.41) is 3.20. The van der Waals surface area contributed by atoms with E-state index in [1.807, 2.05) is 19.1 Å². The molecule has 0 saturated heterocycles. The second-order valence-electron chi connectivity index (χ2n) is 4.25. The third-order valence-corrected chi connectivity index (χ3v) is 3.79. The highest BCUT2D eigenvalue weighted by molar-refractivity contribution is 7.09. The van der Waals surface area contributed by atoms with Crippen molar-refractivity contribution in [2.45, 2.75) is 26.7 Å². The van der Waals surface area contributed by atoms with Crippen LogP contribution in [0.5, 0.6) is 0 Å². The van der Waals surface area contributed by atoms with Crippen LogP contribution in [-0.4, -0.2) is 11.5 Å². The summed E-state index contributed by atoms with van der Waals surface area (Å²) < 4.78 is 5.56. The molecule has 0 aliphatic carbocycles. The Morgan fingerprint density at radius 1 is 1.47 bits per heavy atom. The van der Waals surface area contributed by atoms with Crippen molar-refractivity contribution >= 4 is 11.3 Å². The molecule has 0 bridgehead atoms. The molecule has 0 spiro atoms. The maximum Gasteiger partial charge on any atom is 0.153 e. The van der Waals surface area contributed by atoms with E-state index < -0.39 is 0 Å². The Morgan fingerprint density at radius 3 is 2.88 bits per heavy atom. The summed E-state index contributed by atoms with van der Waals surface area (Å²) >= 11 is 1.69. The van der Waals surface area contributed by atoms with Crippen LogP contribution in [0.2, 0.25) is 0 Å². The zero-order chi connectivity index (χ0) is 12.3. The summed E-state index contributed by atoms with van der Waals surface area (Å²) in [6, 6.07) is 3.93. The fourth-order valence-electron chi connectivity index (χ4n) is 1.73. The Balaban J connectivity index is 2.10. The number of aryl methyl sites for hydroxylation is 1. The van der Waals surface area contributed by atoms with Crippen LogP contribution in [0.3, 0.4) is 0 Å². The molecule has 92 valence electrons. The molecule has 2 rings (SSSR count). The average Bonchev–Trinajstić information content (AvgIpc) is 2.94. The molecule has 0 saturated carbocycles. The number of hydrogen-bond acceptors (Lipinski definition) is 4. The summed E-state index contributed by atoms with van der Waals surface area (Å²) in [6.07, 6.45) is 2.07. The molecule has 2 heterocycles. The summed E-state index contributed by atoms with van der Waals surface area (Å²) in [5.41, 5.74) is 6.65. The van der Waals surface area contributed by atoms with Gasteiger partial charge in [0.2, 0.25) is 0 Å². The Labute approximate surface area is 106 Å². The molecule has 4 heteroatoms. The predicted molar refractivity (Wildman–Crippen MR) is 71.1 cm³/mol. The van der Waals surface area contributed by atoms with Crippen LogP contribution in [-0.2, 0) is 6.42 Å². The highest BCUT2D eigenvalue weighted by atomic mass is 32.1. The first-order valence-corrected chi connectivity index (χ1v) is 6.82. The molecule has 2 aromatic heterocycles. The number of rotatable bonds is 5. The van der Waals surface area contributed by atoms with Crippen molar-refractivity contribution in [2.24, 2.45) is 11.7 Å². The third kappa shape index (κ3) is 2.96. The average molecular weight is 250 g/mol. The molecule has 0 fully saturated rings. The minimum atomic E-state index is 0.535. The number of nitrogens with two attached hydrogens (primary N) is 1. The number of furan rings is 1. The summed E-state index contributed by atoms with van der Waals surface area (Å²) in [7, 11) is 0. The standard InChI is InChI=1S/C13H18N2OS/c1-3-10(7-14)6-13-15-11(8-17-13)12-5-4-9(2)16-12/h4-5,8,10H,3,6-7,14H2,1-2H3. The van der Waals surface area contributed by atoms with E-state index >= 15 is 0 Å². The molecule has 0 aliphatic rings. The SMILES string of the molecule is CCC(CN)Cc1nc(-c2ccc(C)o2)cs1. The number of nitrogens with zero attached hydrogens (tertiary/aromatic N) is 1. The van der Waals surface area contributed by atoms with Gasteiger partial charge in [-0.15, -0.1) is 11.3 Å². The molecule has 2 aromatic rings. The number of hydrogen-bond donors (Lipinski definition) is 1. The van der Waals surface area contributed by atoms with Crippen LogP contribution in [0, 0.1) is 12.8 Å². The summed E-state index contributed by atoms with van der Waals surface area (Å²) in [4.78, 5) is 4.60. The van der Waals surface area contributed by atoms with E-state index in [-0.39, 0.29) is 0 Å². The van der Waals surface area contributed by atoms with Crippen LogP contribution >= 0.6 is 11.3 Å². The molecule has 0 aromatic carbocycles. The van der Waals surface area contributed by atoms with Crippen LogP contribution in [0.4, 0.5) is 0 Å². The fourth-order valence-corrected chi connectivity index (χ4v) is 2.63. The van der Waals surface area contributed by atoms with Gasteiger partial charge in [0, 0.05) is 11.8 Å². The molecule has 2 N–H and O–H groups in total. The smallest absolute Gasteiger partial charge is 0.153 e. The largest absolute Gasteiger partial charge is 0.460 e. The molecule has 0 amide bonds. The van der Waals surface area contributed by atoms with Crippen LogP contribution in [0.25, 0.3) is 11.5 Å². The van der Waals surface area contributed by atoms with Gasteiger partial charge in [0.1, 0.15) is 11.5 Å². The molecule has 17 heavy (non-hydrogen) atoms. The topological polar surface area (TPSA) is 52.0 Å². The van der Waals surface area contributed by atoms with Crippen molar-refractivity contribution in [3.8, 4) is 11.5 Å². The van der Waals surface area contributed by atoms with Gasteiger partial charge in [0.25, 0.3) is 0 Å². The van der Waals surface area contributed by atoms with Crippen molar-refractivity contribution in [2.75, 3.05) is 6.54 Å². The highest BCUT2D eigenvalue weighted by Crippen LogP contribution is 2.25. The van der Waals surface area contributed by atoms with E-state index in [2.05, 4.69) is 17.3 Å². The van der Waals surface area contributed by atoms with E-state index in [1.165, 1.54) is 0 Å². The van der Waals surface area contributed by atoms with Gasteiger partial charge in [-0.25, -0.2) is 4.98 Å². The first kappa shape index (κ1) is 12.3. The maximum absolute atomic E-state index is 5.71. The second kappa shape index (κ2) is 5.47. The Morgan fingerprint density at radius 2 is 2.29 bits per heavy atom. The van der Waals surface area contributed by atoms with Gasteiger partial charge in [-0.3, -0.25) is 0 Å². The van der Waals surface area contributed by atoms with E-state index in [0.29, 0.717) is 5.92 Å². The minimum absolute atomic E-state index is 0.535. The maximum atomic E-state index is 5.71. The Bertz CT molecular complexity index is 471. The first-order chi connectivity index (χ1) is 8.22. The summed E-state index contributed by atoms with van der Waals surface area (Å²) in [6.45, 7) is 4.84. The van der Waals surface area contributed by atoms with Gasteiger partial charge in [-0.2, -0.15) is 0 Å². The van der Waals surface area contributed by atoms with Crippen molar-refractivity contribution in [3.63, 3.8) is 0 Å². The zero-order valence-electron chi connectivity index (χ0n) is 10.3. The van der Waals surface area contributed by atoms with Crippen LogP contribution in [0.15, 0.2) is 21.9 Å². The Kier molecular flexibility index (Phi) is 3.97. The highest BCUT2D eigenvalue weighted by Gasteiger charge is 2.11. The van der Waals surface area contributed by atoms with Crippen molar-refractivity contribution < 1.29 is 4.42 Å². The first-order valence-electron chi connectivity index (χ1n) is 5.94. The van der Waals surface area contributed by atoms with Gasteiger partial charge in [-0.1, -0.05) is 13.3 Å². The fraction of sp³-hybridized carbons (Fsp3) is 0.462. The lowest BCUT2D eigenvalue weighted by Crippen LogP contribution is -2.15. The minimum Gasteiger partial charge on any atom is -0.460 e.